The number of aliphatic imine (C=N–C) groups is 1. The van der Waals surface area contributed by atoms with Crippen molar-refractivity contribution < 1.29 is 4.74 Å². The van der Waals surface area contributed by atoms with E-state index in [0.717, 1.165) is 36.2 Å². The van der Waals surface area contributed by atoms with Gasteiger partial charge < -0.3 is 15.4 Å². The van der Waals surface area contributed by atoms with Gasteiger partial charge in [0.25, 0.3) is 0 Å². The first kappa shape index (κ1) is 20.4. The summed E-state index contributed by atoms with van der Waals surface area (Å²) in [7, 11) is 0. The summed E-state index contributed by atoms with van der Waals surface area (Å²) in [5.41, 5.74) is 2.24. The zero-order valence-corrected chi connectivity index (χ0v) is 16.8. The van der Waals surface area contributed by atoms with Crippen molar-refractivity contribution in [2.75, 3.05) is 19.7 Å². The minimum Gasteiger partial charge on any atom is -0.376 e. The van der Waals surface area contributed by atoms with Crippen LogP contribution in [-0.2, 0) is 24.3 Å². The highest BCUT2D eigenvalue weighted by Gasteiger charge is 2.06. The van der Waals surface area contributed by atoms with Gasteiger partial charge in [-0.2, -0.15) is 0 Å². The van der Waals surface area contributed by atoms with E-state index in [4.69, 9.17) is 4.74 Å². The Hall–Kier alpha value is -1.92. The average molecular weight is 375 g/mol. The maximum Gasteiger partial charge on any atom is 0.191 e. The maximum absolute atomic E-state index is 5.81. The van der Waals surface area contributed by atoms with Crippen molar-refractivity contribution in [3.63, 3.8) is 0 Å². The van der Waals surface area contributed by atoms with Crippen LogP contribution in [-0.4, -0.2) is 30.6 Å². The molecule has 1 aromatic heterocycles. The first-order chi connectivity index (χ1) is 12.7. The number of benzene rings is 1. The molecule has 0 aliphatic carbocycles. The molecule has 26 heavy (non-hydrogen) atoms. The van der Waals surface area contributed by atoms with E-state index in [-0.39, 0.29) is 0 Å². The topological polar surface area (TPSA) is 58.5 Å². The summed E-state index contributed by atoms with van der Waals surface area (Å²) in [5, 5.41) is 9.93. The molecule has 1 aromatic carbocycles. The normalized spacial score (nSPS) is 12.8. The molecule has 0 aliphatic heterocycles. The number of nitrogens with one attached hydrogen (secondary N) is 2. The molecule has 5 nitrogen and oxygen atoms in total. The number of ether oxygens (including phenoxy) is 1. The van der Waals surface area contributed by atoms with E-state index in [1.165, 1.54) is 5.56 Å². The van der Waals surface area contributed by atoms with Crippen LogP contribution in [0.4, 0.5) is 0 Å². The van der Waals surface area contributed by atoms with Gasteiger partial charge in [0.05, 0.1) is 30.5 Å². The molecule has 1 unspecified atom stereocenters. The lowest BCUT2D eigenvalue weighted by Gasteiger charge is -2.16. The fourth-order valence-electron chi connectivity index (χ4n) is 2.37. The lowest BCUT2D eigenvalue weighted by molar-refractivity contribution is 0.0931. The van der Waals surface area contributed by atoms with Crippen LogP contribution in [0, 0.1) is 5.92 Å². The van der Waals surface area contributed by atoms with Crippen molar-refractivity contribution in [3.8, 4) is 0 Å². The number of aryl methyl sites for hydroxylation is 1. The molecule has 2 N–H and O–H groups in total. The number of nitrogens with zero attached hydrogens (tertiary/aromatic N) is 2. The molecule has 142 valence electrons. The quantitative estimate of drug-likeness (QED) is 0.493. The molecular weight excluding hydrogens is 344 g/mol. The van der Waals surface area contributed by atoms with Crippen molar-refractivity contribution in [2.24, 2.45) is 10.9 Å². The molecule has 2 aromatic rings. The van der Waals surface area contributed by atoms with Gasteiger partial charge in [0.2, 0.25) is 0 Å². The Kier molecular flexibility index (Phi) is 9.14. The number of rotatable bonds is 10. The van der Waals surface area contributed by atoms with Gasteiger partial charge in [0.1, 0.15) is 0 Å². The fourth-order valence-corrected chi connectivity index (χ4v) is 3.10. The predicted molar refractivity (Wildman–Crippen MR) is 110 cm³/mol. The van der Waals surface area contributed by atoms with Crippen LogP contribution in [0.3, 0.4) is 0 Å². The summed E-state index contributed by atoms with van der Waals surface area (Å²) >= 11 is 1.70. The summed E-state index contributed by atoms with van der Waals surface area (Å²) in [6.45, 7) is 10.00. The van der Waals surface area contributed by atoms with E-state index in [0.29, 0.717) is 25.7 Å². The number of hydrogen-bond acceptors (Lipinski definition) is 4. The van der Waals surface area contributed by atoms with Gasteiger partial charge in [-0.1, -0.05) is 44.2 Å². The van der Waals surface area contributed by atoms with Crippen molar-refractivity contribution in [1.82, 2.24) is 15.6 Å². The van der Waals surface area contributed by atoms with E-state index in [2.05, 4.69) is 58.9 Å². The summed E-state index contributed by atoms with van der Waals surface area (Å²) in [5.74, 6) is 1.22. The number of thiazole rings is 1. The number of guanidine groups is 1. The molecule has 2 rings (SSSR count). The summed E-state index contributed by atoms with van der Waals surface area (Å²) in [4.78, 5) is 9.19. The van der Waals surface area contributed by atoms with Gasteiger partial charge in [-0.15, -0.1) is 11.3 Å². The van der Waals surface area contributed by atoms with E-state index in [1.807, 2.05) is 18.2 Å². The molecule has 0 saturated heterocycles. The van der Waals surface area contributed by atoms with Gasteiger partial charge in [-0.05, 0) is 24.8 Å². The largest absolute Gasteiger partial charge is 0.376 e. The van der Waals surface area contributed by atoms with Crippen LogP contribution in [0.5, 0.6) is 0 Å². The van der Waals surface area contributed by atoms with E-state index in [9.17, 15) is 0 Å². The Balaban J connectivity index is 1.73. The SMILES string of the molecule is CCNC(=NCc1csc(CC)n1)NCC(C)COCc1ccccc1. The summed E-state index contributed by atoms with van der Waals surface area (Å²) in [6, 6.07) is 10.3. The van der Waals surface area contributed by atoms with Gasteiger partial charge in [-0.25, -0.2) is 9.98 Å². The molecule has 0 saturated carbocycles. The van der Waals surface area contributed by atoms with E-state index >= 15 is 0 Å². The second-order valence-corrected chi connectivity index (χ2v) is 7.21. The van der Waals surface area contributed by atoms with Crippen molar-refractivity contribution in [3.05, 3.63) is 52.0 Å². The Morgan fingerprint density at radius 3 is 2.73 bits per heavy atom. The lowest BCUT2D eigenvalue weighted by atomic mass is 10.2. The van der Waals surface area contributed by atoms with Crippen molar-refractivity contribution in [1.29, 1.82) is 0 Å². The second-order valence-electron chi connectivity index (χ2n) is 6.27. The maximum atomic E-state index is 5.81. The van der Waals surface area contributed by atoms with Crippen molar-refractivity contribution in [2.45, 2.75) is 40.3 Å². The molecule has 0 fully saturated rings. The third kappa shape index (κ3) is 7.54. The lowest BCUT2D eigenvalue weighted by Crippen LogP contribution is -2.40. The van der Waals surface area contributed by atoms with E-state index in [1.54, 1.807) is 11.3 Å². The minimum atomic E-state index is 0.397. The predicted octanol–water partition coefficient (Wildman–Crippen LogP) is 3.61. The zero-order valence-electron chi connectivity index (χ0n) is 16.0. The highest BCUT2D eigenvalue weighted by molar-refractivity contribution is 7.09. The third-order valence-electron chi connectivity index (χ3n) is 3.78. The van der Waals surface area contributed by atoms with Crippen LogP contribution < -0.4 is 10.6 Å². The minimum absolute atomic E-state index is 0.397. The molecule has 0 bridgehead atoms. The molecule has 6 heteroatoms. The second kappa shape index (κ2) is 11.6. The fraction of sp³-hybridized carbons (Fsp3) is 0.500. The number of aromatic nitrogens is 1. The zero-order chi connectivity index (χ0) is 18.6. The van der Waals surface area contributed by atoms with Crippen LogP contribution in [0.15, 0.2) is 40.7 Å². The van der Waals surface area contributed by atoms with Gasteiger partial charge in [0.15, 0.2) is 5.96 Å². The smallest absolute Gasteiger partial charge is 0.191 e. The summed E-state index contributed by atoms with van der Waals surface area (Å²) in [6.07, 6.45) is 0.979. The molecule has 0 spiro atoms. The van der Waals surface area contributed by atoms with Gasteiger partial charge >= 0.3 is 0 Å². The molecular formula is C20H30N4OS. The Labute approximate surface area is 160 Å². The molecule has 1 atom stereocenters. The third-order valence-corrected chi connectivity index (χ3v) is 4.82. The molecule has 0 aliphatic rings. The Bertz CT molecular complexity index is 657. The average Bonchev–Trinajstić information content (AvgIpc) is 3.13. The first-order valence-corrected chi connectivity index (χ1v) is 10.2. The molecule has 0 amide bonds. The first-order valence-electron chi connectivity index (χ1n) is 9.28. The molecule has 1 heterocycles. The van der Waals surface area contributed by atoms with Crippen LogP contribution in [0.1, 0.15) is 37.0 Å². The van der Waals surface area contributed by atoms with Crippen LogP contribution in [0.25, 0.3) is 0 Å². The van der Waals surface area contributed by atoms with Crippen molar-refractivity contribution >= 4 is 17.3 Å². The van der Waals surface area contributed by atoms with Crippen LogP contribution in [0.2, 0.25) is 0 Å². The molecule has 0 radical (unpaired) electrons. The highest BCUT2D eigenvalue weighted by atomic mass is 32.1. The standard InChI is InChI=1S/C20H30N4OS/c1-4-19-24-18(15-26-19)12-23-20(21-5-2)22-11-16(3)13-25-14-17-9-7-6-8-10-17/h6-10,15-16H,4-5,11-14H2,1-3H3,(H2,21,22,23). The van der Waals surface area contributed by atoms with Gasteiger partial charge in [-0.3, -0.25) is 0 Å². The Morgan fingerprint density at radius 1 is 1.23 bits per heavy atom. The highest BCUT2D eigenvalue weighted by Crippen LogP contribution is 2.10. The Morgan fingerprint density at radius 2 is 2.04 bits per heavy atom. The van der Waals surface area contributed by atoms with E-state index < -0.39 is 0 Å². The summed E-state index contributed by atoms with van der Waals surface area (Å²) < 4.78 is 5.81. The number of hydrogen-bond donors (Lipinski definition) is 2. The van der Waals surface area contributed by atoms with Gasteiger partial charge in [0, 0.05) is 18.5 Å². The van der Waals surface area contributed by atoms with Crippen LogP contribution >= 0.6 is 11.3 Å². The monoisotopic (exact) mass is 374 g/mol.